The van der Waals surface area contributed by atoms with Crippen LogP contribution in [0.1, 0.15) is 12.0 Å². The minimum absolute atomic E-state index is 0.0711. The van der Waals surface area contributed by atoms with E-state index in [1.807, 2.05) is 41.3 Å². The zero-order valence-electron chi connectivity index (χ0n) is 13.8. The Kier molecular flexibility index (Phi) is 4.10. The molecular formula is C20H18ClN3O. The summed E-state index contributed by atoms with van der Waals surface area (Å²) in [7, 11) is 0. The van der Waals surface area contributed by atoms with Crippen LogP contribution >= 0.6 is 11.6 Å². The zero-order valence-corrected chi connectivity index (χ0v) is 14.5. The normalized spacial score (nSPS) is 19.0. The third kappa shape index (κ3) is 2.96. The number of rotatable bonds is 2. The molecule has 0 aliphatic carbocycles. The molecule has 5 heteroatoms. The lowest BCUT2D eigenvalue weighted by atomic mass is 10.0. The van der Waals surface area contributed by atoms with Crippen molar-refractivity contribution in [2.75, 3.05) is 24.5 Å². The van der Waals surface area contributed by atoms with E-state index in [-0.39, 0.29) is 11.8 Å². The molecule has 4 nitrogen and oxygen atoms in total. The third-order valence-electron chi connectivity index (χ3n) is 5.08. The number of nitrogens with zero attached hydrogens (tertiary/aromatic N) is 3. The van der Waals surface area contributed by atoms with E-state index in [1.54, 1.807) is 4.90 Å². The number of hydrogen-bond acceptors (Lipinski definition) is 3. The molecule has 0 radical (unpaired) electrons. The first-order valence-electron chi connectivity index (χ1n) is 8.50. The van der Waals surface area contributed by atoms with Gasteiger partial charge >= 0.3 is 0 Å². The predicted octanol–water partition coefficient (Wildman–Crippen LogP) is 3.70. The Balaban J connectivity index is 1.57. The van der Waals surface area contributed by atoms with E-state index in [9.17, 15) is 4.79 Å². The van der Waals surface area contributed by atoms with Gasteiger partial charge in [-0.25, -0.2) is 0 Å². The molecule has 1 unspecified atom stereocenters. The SMILES string of the molecule is N#CN1CCC(C(=O)N2CCc3cc(-c4cccc(Cl)c4)ccc32)C1. The van der Waals surface area contributed by atoms with E-state index in [1.165, 1.54) is 5.56 Å². The fourth-order valence-corrected chi connectivity index (χ4v) is 3.94. The standard InChI is InChI=1S/C20H18ClN3O/c21-18-3-1-2-14(11-18)15-4-5-19-16(10-15)7-9-24(19)20(25)17-6-8-23(12-17)13-22/h1-5,10-11,17H,6-9,12H2. The van der Waals surface area contributed by atoms with Crippen molar-refractivity contribution in [2.45, 2.75) is 12.8 Å². The molecule has 126 valence electrons. The number of halogens is 1. The lowest BCUT2D eigenvalue weighted by Gasteiger charge is -2.21. The van der Waals surface area contributed by atoms with Crippen molar-refractivity contribution in [2.24, 2.45) is 5.92 Å². The maximum absolute atomic E-state index is 12.8. The molecule has 2 aromatic rings. The van der Waals surface area contributed by atoms with Gasteiger partial charge in [-0.15, -0.1) is 0 Å². The highest BCUT2D eigenvalue weighted by Crippen LogP contribution is 2.34. The maximum Gasteiger partial charge on any atom is 0.231 e. The molecule has 1 fully saturated rings. The molecule has 4 rings (SSSR count). The van der Waals surface area contributed by atoms with Gasteiger partial charge in [-0.05, 0) is 53.8 Å². The summed E-state index contributed by atoms with van der Waals surface area (Å²) in [6, 6.07) is 14.0. The third-order valence-corrected chi connectivity index (χ3v) is 5.31. The topological polar surface area (TPSA) is 47.3 Å². The highest BCUT2D eigenvalue weighted by atomic mass is 35.5. The van der Waals surface area contributed by atoms with E-state index < -0.39 is 0 Å². The van der Waals surface area contributed by atoms with Crippen LogP contribution in [0, 0.1) is 17.4 Å². The van der Waals surface area contributed by atoms with Gasteiger partial charge in [0.1, 0.15) is 0 Å². The van der Waals surface area contributed by atoms with Crippen LogP contribution in [0.5, 0.6) is 0 Å². The second kappa shape index (κ2) is 6.42. The van der Waals surface area contributed by atoms with E-state index in [0.717, 1.165) is 41.2 Å². The number of amides is 1. The van der Waals surface area contributed by atoms with Crippen LogP contribution in [-0.2, 0) is 11.2 Å². The molecule has 0 bridgehead atoms. The van der Waals surface area contributed by atoms with Gasteiger partial charge in [-0.3, -0.25) is 4.79 Å². The quantitative estimate of drug-likeness (QED) is 0.775. The Morgan fingerprint density at radius 1 is 1.16 bits per heavy atom. The number of fused-ring (bicyclic) bond motifs is 1. The van der Waals surface area contributed by atoms with Gasteiger partial charge in [0.05, 0.1) is 5.92 Å². The average Bonchev–Trinajstić information content (AvgIpc) is 3.27. The molecule has 1 atom stereocenters. The summed E-state index contributed by atoms with van der Waals surface area (Å²) in [6.07, 6.45) is 3.77. The van der Waals surface area contributed by atoms with Crippen LogP contribution in [0.4, 0.5) is 5.69 Å². The van der Waals surface area contributed by atoms with Crippen molar-refractivity contribution in [1.29, 1.82) is 5.26 Å². The molecular weight excluding hydrogens is 334 g/mol. The Hall–Kier alpha value is -2.51. The molecule has 1 amide bonds. The van der Waals surface area contributed by atoms with E-state index in [2.05, 4.69) is 12.3 Å². The monoisotopic (exact) mass is 351 g/mol. The molecule has 0 saturated carbocycles. The van der Waals surface area contributed by atoms with E-state index >= 15 is 0 Å². The minimum atomic E-state index is -0.0711. The van der Waals surface area contributed by atoms with Crippen LogP contribution in [0.25, 0.3) is 11.1 Å². The maximum atomic E-state index is 12.8. The number of anilines is 1. The van der Waals surface area contributed by atoms with Gasteiger partial charge in [-0.1, -0.05) is 29.8 Å². The highest BCUT2D eigenvalue weighted by molar-refractivity contribution is 6.30. The summed E-state index contributed by atoms with van der Waals surface area (Å²) in [6.45, 7) is 1.94. The summed E-state index contributed by atoms with van der Waals surface area (Å²) >= 11 is 6.09. The summed E-state index contributed by atoms with van der Waals surface area (Å²) in [5.74, 6) is 0.0743. The Labute approximate surface area is 152 Å². The second-order valence-electron chi connectivity index (χ2n) is 6.63. The number of hydrogen-bond donors (Lipinski definition) is 0. The van der Waals surface area contributed by atoms with Crippen molar-refractivity contribution in [3.63, 3.8) is 0 Å². The van der Waals surface area contributed by atoms with Gasteiger partial charge in [-0.2, -0.15) is 5.26 Å². The largest absolute Gasteiger partial charge is 0.312 e. The summed E-state index contributed by atoms with van der Waals surface area (Å²) in [5.41, 5.74) is 4.40. The summed E-state index contributed by atoms with van der Waals surface area (Å²) in [5, 5.41) is 9.71. The second-order valence-corrected chi connectivity index (χ2v) is 7.06. The van der Waals surface area contributed by atoms with Crippen LogP contribution < -0.4 is 4.90 Å². The molecule has 0 aromatic heterocycles. The number of benzene rings is 2. The first-order valence-corrected chi connectivity index (χ1v) is 8.88. The Morgan fingerprint density at radius 3 is 2.76 bits per heavy atom. The van der Waals surface area contributed by atoms with Crippen LogP contribution in [0.2, 0.25) is 5.02 Å². The van der Waals surface area contributed by atoms with Gasteiger partial charge < -0.3 is 9.80 Å². The minimum Gasteiger partial charge on any atom is -0.312 e. The molecule has 2 heterocycles. The number of nitriles is 1. The summed E-state index contributed by atoms with van der Waals surface area (Å²) < 4.78 is 0. The molecule has 2 aromatic carbocycles. The first-order chi connectivity index (χ1) is 12.2. The molecule has 0 N–H and O–H groups in total. The van der Waals surface area contributed by atoms with E-state index in [0.29, 0.717) is 13.1 Å². The lowest BCUT2D eigenvalue weighted by Crippen LogP contribution is -2.35. The van der Waals surface area contributed by atoms with Gasteiger partial charge in [0, 0.05) is 30.3 Å². The lowest BCUT2D eigenvalue weighted by molar-refractivity contribution is -0.121. The smallest absolute Gasteiger partial charge is 0.231 e. The van der Waals surface area contributed by atoms with Crippen molar-refractivity contribution in [3.8, 4) is 17.3 Å². The molecule has 2 aliphatic heterocycles. The first kappa shape index (κ1) is 16.0. The number of carbonyl (C=O) groups excluding carboxylic acids is 1. The van der Waals surface area contributed by atoms with Crippen molar-refractivity contribution >= 4 is 23.2 Å². The van der Waals surface area contributed by atoms with Crippen LogP contribution in [0.15, 0.2) is 42.5 Å². The number of likely N-dealkylation sites (tertiary alicyclic amines) is 1. The van der Waals surface area contributed by atoms with Gasteiger partial charge in [0.25, 0.3) is 0 Å². The molecule has 0 spiro atoms. The van der Waals surface area contributed by atoms with Crippen LogP contribution in [0.3, 0.4) is 0 Å². The Bertz CT molecular complexity index is 873. The zero-order chi connectivity index (χ0) is 17.4. The fourth-order valence-electron chi connectivity index (χ4n) is 3.75. The van der Waals surface area contributed by atoms with Gasteiger partial charge in [0.15, 0.2) is 6.19 Å². The summed E-state index contributed by atoms with van der Waals surface area (Å²) in [4.78, 5) is 16.4. The molecule has 1 saturated heterocycles. The van der Waals surface area contributed by atoms with Crippen molar-refractivity contribution < 1.29 is 4.79 Å². The fraction of sp³-hybridized carbons (Fsp3) is 0.300. The number of carbonyl (C=O) groups is 1. The Morgan fingerprint density at radius 2 is 2.00 bits per heavy atom. The van der Waals surface area contributed by atoms with E-state index in [4.69, 9.17) is 16.9 Å². The predicted molar refractivity (Wildman–Crippen MR) is 98.2 cm³/mol. The average molecular weight is 352 g/mol. The van der Waals surface area contributed by atoms with Crippen molar-refractivity contribution in [3.05, 3.63) is 53.1 Å². The van der Waals surface area contributed by atoms with Crippen molar-refractivity contribution in [1.82, 2.24) is 4.90 Å². The van der Waals surface area contributed by atoms with Gasteiger partial charge in [0.2, 0.25) is 5.91 Å². The molecule has 25 heavy (non-hydrogen) atoms. The van der Waals surface area contributed by atoms with Crippen LogP contribution in [-0.4, -0.2) is 30.4 Å². The highest BCUT2D eigenvalue weighted by Gasteiger charge is 2.34. The molecule has 2 aliphatic rings.